The van der Waals surface area contributed by atoms with Gasteiger partial charge in [-0.15, -0.1) is 5.10 Å². The number of rotatable bonds is 3. The molecular weight excluding hydrogens is 463 g/mol. The third-order valence-electron chi connectivity index (χ3n) is 5.22. The standard InChI is InChI=1S/C20H15BrF3N5O/c1-30-20-14(21)8-13-18(26-20)27-29-5-4-17(25-19(13)29)28-9-11(23)7-16(28)12-6-10(22)2-3-15(12)24/h2-6,8,11,16H,7,9H2,1H3/t11-,16+/m0/s1. The summed E-state index contributed by atoms with van der Waals surface area (Å²) in [5.74, 6) is -0.294. The van der Waals surface area contributed by atoms with Crippen molar-refractivity contribution in [1.82, 2.24) is 19.6 Å². The van der Waals surface area contributed by atoms with Crippen LogP contribution in [0.2, 0.25) is 0 Å². The highest BCUT2D eigenvalue weighted by molar-refractivity contribution is 9.10. The van der Waals surface area contributed by atoms with Crippen molar-refractivity contribution in [3.8, 4) is 5.88 Å². The fourth-order valence-corrected chi connectivity index (χ4v) is 4.36. The van der Waals surface area contributed by atoms with Crippen LogP contribution in [0.15, 0.2) is 41.0 Å². The second kappa shape index (κ2) is 7.12. The lowest BCUT2D eigenvalue weighted by Crippen LogP contribution is -2.25. The molecule has 4 aromatic rings. The Morgan fingerprint density at radius 1 is 1.17 bits per heavy atom. The van der Waals surface area contributed by atoms with Gasteiger partial charge in [0.15, 0.2) is 11.3 Å². The molecule has 6 nitrogen and oxygen atoms in total. The summed E-state index contributed by atoms with van der Waals surface area (Å²) in [5, 5.41) is 5.07. The van der Waals surface area contributed by atoms with Gasteiger partial charge in [0, 0.05) is 18.2 Å². The van der Waals surface area contributed by atoms with E-state index in [-0.39, 0.29) is 18.5 Å². The van der Waals surface area contributed by atoms with Crippen molar-refractivity contribution in [3.05, 3.63) is 58.2 Å². The monoisotopic (exact) mass is 477 g/mol. The van der Waals surface area contributed by atoms with Crippen LogP contribution in [0.4, 0.5) is 19.0 Å². The van der Waals surface area contributed by atoms with E-state index in [0.29, 0.717) is 32.9 Å². The van der Waals surface area contributed by atoms with Crippen molar-refractivity contribution in [2.75, 3.05) is 18.6 Å². The van der Waals surface area contributed by atoms with Gasteiger partial charge < -0.3 is 9.64 Å². The molecule has 2 atom stereocenters. The smallest absolute Gasteiger partial charge is 0.229 e. The Hall–Kier alpha value is -2.88. The number of benzene rings is 1. The number of ether oxygens (including phenoxy) is 1. The van der Waals surface area contributed by atoms with Crippen LogP contribution in [0, 0.1) is 11.6 Å². The van der Waals surface area contributed by atoms with Gasteiger partial charge in [-0.2, -0.15) is 4.98 Å². The zero-order valence-electron chi connectivity index (χ0n) is 15.7. The molecular formula is C20H15BrF3N5O. The highest BCUT2D eigenvalue weighted by Crippen LogP contribution is 2.38. The Labute approximate surface area is 177 Å². The maximum absolute atomic E-state index is 14.4. The van der Waals surface area contributed by atoms with Crippen molar-refractivity contribution >= 4 is 38.4 Å². The zero-order chi connectivity index (χ0) is 21.0. The Morgan fingerprint density at radius 2 is 2.00 bits per heavy atom. The molecule has 0 unspecified atom stereocenters. The van der Waals surface area contributed by atoms with Crippen LogP contribution in [0.3, 0.4) is 0 Å². The van der Waals surface area contributed by atoms with E-state index >= 15 is 0 Å². The summed E-state index contributed by atoms with van der Waals surface area (Å²) in [6, 6.07) is 6.04. The first kappa shape index (κ1) is 19.1. The first-order valence-electron chi connectivity index (χ1n) is 9.20. The normalized spacial score (nSPS) is 19.2. The van der Waals surface area contributed by atoms with Crippen molar-refractivity contribution in [3.63, 3.8) is 0 Å². The van der Waals surface area contributed by atoms with Crippen LogP contribution in [0.5, 0.6) is 5.88 Å². The van der Waals surface area contributed by atoms with E-state index in [1.165, 1.54) is 7.11 Å². The number of fused-ring (bicyclic) bond motifs is 3. The Morgan fingerprint density at radius 3 is 2.80 bits per heavy atom. The second-order valence-electron chi connectivity index (χ2n) is 7.07. The number of methoxy groups -OCH3 is 1. The number of hydrogen-bond donors (Lipinski definition) is 0. The van der Waals surface area contributed by atoms with Gasteiger partial charge in [-0.05, 0) is 46.3 Å². The minimum Gasteiger partial charge on any atom is -0.480 e. The van der Waals surface area contributed by atoms with E-state index in [1.54, 1.807) is 27.7 Å². The highest BCUT2D eigenvalue weighted by Gasteiger charge is 2.36. The van der Waals surface area contributed by atoms with Gasteiger partial charge in [0.05, 0.1) is 29.6 Å². The molecule has 0 amide bonds. The van der Waals surface area contributed by atoms with Gasteiger partial charge in [0.1, 0.15) is 23.6 Å². The van der Waals surface area contributed by atoms with Crippen LogP contribution >= 0.6 is 15.9 Å². The molecule has 3 aromatic heterocycles. The number of anilines is 1. The first-order chi connectivity index (χ1) is 14.4. The van der Waals surface area contributed by atoms with Crippen LogP contribution in [-0.2, 0) is 0 Å². The molecule has 0 radical (unpaired) electrons. The van der Waals surface area contributed by atoms with E-state index in [0.717, 1.165) is 18.2 Å². The first-order valence-corrected chi connectivity index (χ1v) is 9.99. The molecule has 1 fully saturated rings. The van der Waals surface area contributed by atoms with Gasteiger partial charge in [0.2, 0.25) is 5.88 Å². The minimum atomic E-state index is -1.18. The lowest BCUT2D eigenvalue weighted by Gasteiger charge is -2.26. The Balaban J connectivity index is 1.63. The van der Waals surface area contributed by atoms with E-state index in [4.69, 9.17) is 4.74 Å². The number of hydrogen-bond acceptors (Lipinski definition) is 5. The maximum Gasteiger partial charge on any atom is 0.229 e. The van der Waals surface area contributed by atoms with Gasteiger partial charge in [0.25, 0.3) is 0 Å². The molecule has 1 saturated heterocycles. The highest BCUT2D eigenvalue weighted by atomic mass is 79.9. The van der Waals surface area contributed by atoms with Crippen LogP contribution in [0.1, 0.15) is 18.0 Å². The van der Waals surface area contributed by atoms with Crippen LogP contribution in [0.25, 0.3) is 16.7 Å². The summed E-state index contributed by atoms with van der Waals surface area (Å²) in [6.07, 6.45) is 0.555. The summed E-state index contributed by atoms with van der Waals surface area (Å²) >= 11 is 3.41. The number of pyridine rings is 1. The van der Waals surface area contributed by atoms with Crippen LogP contribution < -0.4 is 9.64 Å². The van der Waals surface area contributed by atoms with Crippen molar-refractivity contribution in [1.29, 1.82) is 0 Å². The topological polar surface area (TPSA) is 55.6 Å². The van der Waals surface area contributed by atoms with Crippen molar-refractivity contribution < 1.29 is 17.9 Å². The SMILES string of the molecule is COc1nc2nn3ccc(N4C[C@@H](F)C[C@@H]4c4cc(F)ccc4F)nc3c2cc1Br. The minimum absolute atomic E-state index is 0.0334. The summed E-state index contributed by atoms with van der Waals surface area (Å²) in [5.41, 5.74) is 1.07. The fourth-order valence-electron chi connectivity index (χ4n) is 3.88. The van der Waals surface area contributed by atoms with Crippen molar-refractivity contribution in [2.45, 2.75) is 18.6 Å². The summed E-state index contributed by atoms with van der Waals surface area (Å²) in [7, 11) is 1.51. The average molecular weight is 478 g/mol. The molecule has 1 aromatic carbocycles. The quantitative estimate of drug-likeness (QED) is 0.431. The molecule has 154 valence electrons. The molecule has 1 aliphatic heterocycles. The fraction of sp³-hybridized carbons (Fsp3) is 0.250. The lowest BCUT2D eigenvalue weighted by atomic mass is 10.0. The molecule has 10 heteroatoms. The molecule has 5 rings (SSSR count). The van der Waals surface area contributed by atoms with E-state index in [1.807, 2.05) is 0 Å². The number of aromatic nitrogens is 4. The number of halogens is 4. The van der Waals surface area contributed by atoms with Crippen LogP contribution in [-0.4, -0.2) is 39.4 Å². The number of alkyl halides is 1. The summed E-state index contributed by atoms with van der Waals surface area (Å²) in [6.45, 7) is 0.0334. The number of nitrogens with zero attached hydrogens (tertiary/aromatic N) is 5. The predicted octanol–water partition coefficient (Wildman–Crippen LogP) is 4.62. The van der Waals surface area contributed by atoms with E-state index in [2.05, 4.69) is 31.0 Å². The van der Waals surface area contributed by atoms with Gasteiger partial charge in [-0.25, -0.2) is 22.7 Å². The van der Waals surface area contributed by atoms with Gasteiger partial charge in [-0.1, -0.05) is 0 Å². The Kier molecular flexibility index (Phi) is 4.53. The van der Waals surface area contributed by atoms with E-state index in [9.17, 15) is 13.2 Å². The van der Waals surface area contributed by atoms with Gasteiger partial charge >= 0.3 is 0 Å². The lowest BCUT2D eigenvalue weighted by molar-refractivity contribution is 0.355. The molecule has 1 aliphatic rings. The molecule has 0 spiro atoms. The molecule has 0 bridgehead atoms. The summed E-state index contributed by atoms with van der Waals surface area (Å²) in [4.78, 5) is 10.7. The average Bonchev–Trinajstić information content (AvgIpc) is 3.28. The molecule has 30 heavy (non-hydrogen) atoms. The van der Waals surface area contributed by atoms with E-state index < -0.39 is 23.8 Å². The molecule has 0 saturated carbocycles. The molecule has 0 N–H and O–H groups in total. The zero-order valence-corrected chi connectivity index (χ0v) is 17.3. The van der Waals surface area contributed by atoms with Crippen molar-refractivity contribution in [2.24, 2.45) is 0 Å². The second-order valence-corrected chi connectivity index (χ2v) is 7.93. The summed E-state index contributed by atoms with van der Waals surface area (Å²) < 4.78 is 49.9. The third-order valence-corrected chi connectivity index (χ3v) is 5.79. The molecule has 4 heterocycles. The maximum atomic E-state index is 14.4. The third kappa shape index (κ3) is 3.06. The molecule has 0 aliphatic carbocycles. The largest absolute Gasteiger partial charge is 0.480 e. The predicted molar refractivity (Wildman–Crippen MR) is 108 cm³/mol. The Bertz CT molecular complexity index is 1280. The van der Waals surface area contributed by atoms with Gasteiger partial charge in [-0.3, -0.25) is 0 Å².